The molecule has 6 nitrogen and oxygen atoms in total. The molecule has 1 spiro atoms. The Bertz CT molecular complexity index is 687. The zero-order valence-corrected chi connectivity index (χ0v) is 14.6. The Hall–Kier alpha value is -1.92. The monoisotopic (exact) mass is 344 g/mol. The Morgan fingerprint density at radius 3 is 2.52 bits per heavy atom. The second kappa shape index (κ2) is 6.42. The predicted molar refractivity (Wildman–Crippen MR) is 92.6 cm³/mol. The number of piperidine rings is 1. The molecule has 4 rings (SSSR count). The molecule has 1 aromatic carbocycles. The van der Waals surface area contributed by atoms with Gasteiger partial charge in [0.25, 0.3) is 5.91 Å². The lowest BCUT2D eigenvalue weighted by atomic mass is 10.0. The van der Waals surface area contributed by atoms with E-state index in [2.05, 4.69) is 0 Å². The maximum absolute atomic E-state index is 12.8. The minimum absolute atomic E-state index is 0.0518. The van der Waals surface area contributed by atoms with Crippen LogP contribution in [0.1, 0.15) is 42.1 Å². The van der Waals surface area contributed by atoms with Crippen molar-refractivity contribution in [2.75, 3.05) is 37.7 Å². The number of hydrogen-bond donors (Lipinski definition) is 0. The molecule has 0 aromatic heterocycles. The zero-order valence-electron chi connectivity index (χ0n) is 14.6. The fourth-order valence-corrected chi connectivity index (χ4v) is 4.00. The second-order valence-corrected chi connectivity index (χ2v) is 6.89. The number of fused-ring (bicyclic) bond motifs is 1. The molecular weight excluding hydrogens is 320 g/mol. The van der Waals surface area contributed by atoms with Crippen molar-refractivity contribution in [1.82, 2.24) is 4.90 Å². The Balaban J connectivity index is 1.46. The third-order valence-electron chi connectivity index (χ3n) is 5.45. The molecule has 134 valence electrons. The first kappa shape index (κ1) is 16.5. The van der Waals surface area contributed by atoms with Gasteiger partial charge in [-0.15, -0.1) is 0 Å². The van der Waals surface area contributed by atoms with Gasteiger partial charge < -0.3 is 19.3 Å². The van der Waals surface area contributed by atoms with Gasteiger partial charge >= 0.3 is 0 Å². The molecular formula is C19H24N2O4. The smallest absolute Gasteiger partial charge is 0.253 e. The summed E-state index contributed by atoms with van der Waals surface area (Å²) in [6.45, 7) is 5.17. The molecule has 0 unspecified atom stereocenters. The SMILES string of the molecule is CCC(=O)N1CCc2cc(C(=O)N3CCC4(CC3)OCCO4)ccc21. The van der Waals surface area contributed by atoms with E-state index >= 15 is 0 Å². The molecule has 3 aliphatic heterocycles. The highest BCUT2D eigenvalue weighted by Crippen LogP contribution is 2.33. The first-order valence-electron chi connectivity index (χ1n) is 9.12. The van der Waals surface area contributed by atoms with Crippen molar-refractivity contribution in [1.29, 1.82) is 0 Å². The minimum Gasteiger partial charge on any atom is -0.347 e. The fourth-order valence-electron chi connectivity index (χ4n) is 4.00. The van der Waals surface area contributed by atoms with Crippen molar-refractivity contribution in [3.05, 3.63) is 29.3 Å². The summed E-state index contributed by atoms with van der Waals surface area (Å²) in [4.78, 5) is 28.5. The van der Waals surface area contributed by atoms with Crippen molar-refractivity contribution in [2.24, 2.45) is 0 Å². The van der Waals surface area contributed by atoms with Gasteiger partial charge in [-0.2, -0.15) is 0 Å². The lowest BCUT2D eigenvalue weighted by Gasteiger charge is -2.37. The molecule has 0 aliphatic carbocycles. The Morgan fingerprint density at radius 1 is 1.12 bits per heavy atom. The molecule has 6 heteroatoms. The van der Waals surface area contributed by atoms with Crippen molar-refractivity contribution >= 4 is 17.5 Å². The highest BCUT2D eigenvalue weighted by atomic mass is 16.7. The molecule has 0 N–H and O–H groups in total. The summed E-state index contributed by atoms with van der Waals surface area (Å²) in [5.41, 5.74) is 2.74. The highest BCUT2D eigenvalue weighted by molar-refractivity contribution is 5.98. The molecule has 0 saturated carbocycles. The number of hydrogen-bond acceptors (Lipinski definition) is 4. The molecule has 1 aromatic rings. The number of nitrogens with zero attached hydrogens (tertiary/aromatic N) is 2. The topological polar surface area (TPSA) is 59.1 Å². The number of benzene rings is 1. The standard InChI is InChI=1S/C19H24N2O4/c1-2-17(22)21-8-5-14-13-15(3-4-16(14)21)18(23)20-9-6-19(7-10-20)24-11-12-25-19/h3-4,13H,2,5-12H2,1H3. The van der Waals surface area contributed by atoms with Crippen molar-refractivity contribution in [3.63, 3.8) is 0 Å². The molecule has 25 heavy (non-hydrogen) atoms. The van der Waals surface area contributed by atoms with E-state index in [1.54, 1.807) is 0 Å². The maximum Gasteiger partial charge on any atom is 0.253 e. The summed E-state index contributed by atoms with van der Waals surface area (Å²) in [6, 6.07) is 5.71. The Morgan fingerprint density at radius 2 is 1.84 bits per heavy atom. The average Bonchev–Trinajstić information content (AvgIpc) is 3.28. The third kappa shape index (κ3) is 2.93. The number of carbonyl (C=O) groups excluding carboxylic acids is 2. The number of likely N-dealkylation sites (tertiary alicyclic amines) is 1. The van der Waals surface area contributed by atoms with E-state index in [1.165, 1.54) is 0 Å². The van der Waals surface area contributed by atoms with Crippen LogP contribution in [0.15, 0.2) is 18.2 Å². The van der Waals surface area contributed by atoms with Crippen LogP contribution < -0.4 is 4.90 Å². The van der Waals surface area contributed by atoms with Gasteiger partial charge in [-0.05, 0) is 30.2 Å². The second-order valence-electron chi connectivity index (χ2n) is 6.89. The lowest BCUT2D eigenvalue weighted by molar-refractivity contribution is -0.181. The van der Waals surface area contributed by atoms with Gasteiger partial charge in [0.05, 0.1) is 13.2 Å². The molecule has 2 fully saturated rings. The first-order chi connectivity index (χ1) is 12.1. The van der Waals surface area contributed by atoms with Crippen molar-refractivity contribution < 1.29 is 19.1 Å². The van der Waals surface area contributed by atoms with E-state index in [-0.39, 0.29) is 11.8 Å². The van der Waals surface area contributed by atoms with E-state index in [0.29, 0.717) is 44.8 Å². The predicted octanol–water partition coefficient (Wildman–Crippen LogP) is 1.96. The maximum atomic E-state index is 12.8. The van der Waals surface area contributed by atoms with Gasteiger partial charge in [0, 0.05) is 50.1 Å². The highest BCUT2D eigenvalue weighted by Gasteiger charge is 2.41. The normalized spacial score (nSPS) is 21.6. The van der Waals surface area contributed by atoms with E-state index < -0.39 is 5.79 Å². The van der Waals surface area contributed by atoms with Crippen LogP contribution in [0.3, 0.4) is 0 Å². The molecule has 0 atom stereocenters. The number of carbonyl (C=O) groups is 2. The van der Waals surface area contributed by atoms with Crippen molar-refractivity contribution in [2.45, 2.75) is 38.4 Å². The van der Waals surface area contributed by atoms with E-state index in [1.807, 2.05) is 34.9 Å². The number of rotatable bonds is 2. The van der Waals surface area contributed by atoms with Crippen LogP contribution in [-0.2, 0) is 20.7 Å². The number of amides is 2. The van der Waals surface area contributed by atoms with Crippen LogP contribution in [0.25, 0.3) is 0 Å². The summed E-state index contributed by atoms with van der Waals surface area (Å²) >= 11 is 0. The summed E-state index contributed by atoms with van der Waals surface area (Å²) in [6.07, 6.45) is 2.76. The molecule has 3 aliphatic rings. The largest absolute Gasteiger partial charge is 0.347 e. The lowest BCUT2D eigenvalue weighted by Crippen LogP contribution is -2.47. The summed E-state index contributed by atoms with van der Waals surface area (Å²) in [5.74, 6) is -0.276. The van der Waals surface area contributed by atoms with Crippen LogP contribution in [0.4, 0.5) is 5.69 Å². The van der Waals surface area contributed by atoms with Crippen LogP contribution in [0.2, 0.25) is 0 Å². The third-order valence-corrected chi connectivity index (χ3v) is 5.45. The van der Waals surface area contributed by atoms with Crippen LogP contribution in [0, 0.1) is 0 Å². The van der Waals surface area contributed by atoms with Crippen molar-refractivity contribution in [3.8, 4) is 0 Å². The van der Waals surface area contributed by atoms with Crippen LogP contribution >= 0.6 is 0 Å². The summed E-state index contributed by atoms with van der Waals surface area (Å²) < 4.78 is 11.4. The Labute approximate surface area is 147 Å². The number of anilines is 1. The van der Waals surface area contributed by atoms with Crippen LogP contribution in [-0.4, -0.2) is 55.3 Å². The average molecular weight is 344 g/mol. The molecule has 2 saturated heterocycles. The fraction of sp³-hybridized carbons (Fsp3) is 0.579. The minimum atomic E-state index is -0.463. The van der Waals surface area contributed by atoms with Gasteiger partial charge in [0.15, 0.2) is 5.79 Å². The van der Waals surface area contributed by atoms with E-state index in [0.717, 1.165) is 30.5 Å². The summed E-state index contributed by atoms with van der Waals surface area (Å²) in [7, 11) is 0. The van der Waals surface area contributed by atoms with E-state index in [4.69, 9.17) is 9.47 Å². The summed E-state index contributed by atoms with van der Waals surface area (Å²) in [5, 5.41) is 0. The number of ether oxygens (including phenoxy) is 2. The van der Waals surface area contributed by atoms with Crippen LogP contribution in [0.5, 0.6) is 0 Å². The molecule has 2 amide bonds. The zero-order chi connectivity index (χ0) is 17.4. The first-order valence-corrected chi connectivity index (χ1v) is 9.12. The van der Waals surface area contributed by atoms with Gasteiger partial charge in [0.2, 0.25) is 5.91 Å². The Kier molecular flexibility index (Phi) is 4.25. The molecule has 0 bridgehead atoms. The van der Waals surface area contributed by atoms with Gasteiger partial charge in [-0.3, -0.25) is 9.59 Å². The molecule has 3 heterocycles. The van der Waals surface area contributed by atoms with Gasteiger partial charge in [-0.1, -0.05) is 6.92 Å². The van der Waals surface area contributed by atoms with E-state index in [9.17, 15) is 9.59 Å². The molecule has 0 radical (unpaired) electrons. The van der Waals surface area contributed by atoms with Gasteiger partial charge in [-0.25, -0.2) is 0 Å². The van der Waals surface area contributed by atoms with Gasteiger partial charge in [0.1, 0.15) is 0 Å². The quantitative estimate of drug-likeness (QED) is 0.823.